The van der Waals surface area contributed by atoms with Gasteiger partial charge in [0.25, 0.3) is 5.91 Å². The quantitative estimate of drug-likeness (QED) is 0.251. The number of oxazole rings is 1. The van der Waals surface area contributed by atoms with Crippen molar-refractivity contribution in [3.05, 3.63) is 87.8 Å². The predicted molar refractivity (Wildman–Crippen MR) is 133 cm³/mol. The van der Waals surface area contributed by atoms with Gasteiger partial charge in [0.15, 0.2) is 12.2 Å². The first-order chi connectivity index (χ1) is 15.6. The molecule has 0 atom stereocenters. The topological polar surface area (TPSA) is 64.4 Å². The van der Waals surface area contributed by atoms with Crippen LogP contribution in [-0.2, 0) is 4.79 Å². The van der Waals surface area contributed by atoms with Gasteiger partial charge in [-0.2, -0.15) is 0 Å². The number of anilines is 1. The van der Waals surface area contributed by atoms with Crippen LogP contribution in [0.15, 0.2) is 92.2 Å². The number of aromatic nitrogens is 1. The predicted octanol–water partition coefficient (Wildman–Crippen LogP) is 7.19. The fourth-order valence-corrected chi connectivity index (χ4v) is 4.22. The van der Waals surface area contributed by atoms with Crippen molar-refractivity contribution in [1.29, 1.82) is 0 Å². The summed E-state index contributed by atoms with van der Waals surface area (Å²) < 4.78 is 13.5. The van der Waals surface area contributed by atoms with Gasteiger partial charge in [-0.05, 0) is 65.4 Å². The molecule has 0 aliphatic carbocycles. The third kappa shape index (κ3) is 4.26. The van der Waals surface area contributed by atoms with E-state index in [0.717, 1.165) is 25.3 Å². The molecule has 158 valence electrons. The monoisotopic (exact) mass is 550 g/mol. The van der Waals surface area contributed by atoms with Crippen LogP contribution in [0.1, 0.15) is 0 Å². The lowest BCUT2D eigenvalue weighted by Gasteiger charge is -2.07. The maximum Gasteiger partial charge on any atom is 0.262 e. The van der Waals surface area contributed by atoms with E-state index >= 15 is 0 Å². The smallest absolute Gasteiger partial charge is 0.262 e. The van der Waals surface area contributed by atoms with Crippen LogP contribution in [-0.4, -0.2) is 17.5 Å². The number of rotatable bonds is 5. The van der Waals surface area contributed by atoms with E-state index in [1.165, 1.54) is 0 Å². The molecule has 0 spiro atoms. The van der Waals surface area contributed by atoms with Gasteiger partial charge in [-0.1, -0.05) is 56.1 Å². The second kappa shape index (κ2) is 8.76. The minimum atomic E-state index is -0.255. The molecule has 1 aromatic heterocycles. The Morgan fingerprint density at radius 2 is 1.72 bits per heavy atom. The number of halogens is 2. The number of amides is 1. The van der Waals surface area contributed by atoms with Gasteiger partial charge in [0.05, 0.1) is 0 Å². The second-order valence-electron chi connectivity index (χ2n) is 7.13. The summed E-state index contributed by atoms with van der Waals surface area (Å²) >= 11 is 6.97. The van der Waals surface area contributed by atoms with Crippen molar-refractivity contribution in [3.63, 3.8) is 0 Å². The summed E-state index contributed by atoms with van der Waals surface area (Å²) in [5.41, 5.74) is 2.85. The van der Waals surface area contributed by atoms with Crippen molar-refractivity contribution in [2.45, 2.75) is 0 Å². The van der Waals surface area contributed by atoms with E-state index in [0.29, 0.717) is 28.4 Å². The van der Waals surface area contributed by atoms with Gasteiger partial charge in [-0.15, -0.1) is 0 Å². The molecule has 5 aromatic rings. The molecule has 32 heavy (non-hydrogen) atoms. The van der Waals surface area contributed by atoms with Crippen LogP contribution >= 0.6 is 31.9 Å². The summed E-state index contributed by atoms with van der Waals surface area (Å²) in [6.07, 6.45) is 0. The molecule has 1 heterocycles. The maximum atomic E-state index is 12.3. The first-order valence-corrected chi connectivity index (χ1v) is 11.4. The van der Waals surface area contributed by atoms with Gasteiger partial charge in [-0.3, -0.25) is 4.79 Å². The van der Waals surface area contributed by atoms with Crippen molar-refractivity contribution in [1.82, 2.24) is 4.98 Å². The Morgan fingerprint density at radius 3 is 2.56 bits per heavy atom. The van der Waals surface area contributed by atoms with Crippen molar-refractivity contribution < 1.29 is 13.9 Å². The Balaban J connectivity index is 1.36. The van der Waals surface area contributed by atoms with Crippen LogP contribution in [0.2, 0.25) is 0 Å². The van der Waals surface area contributed by atoms with Crippen molar-refractivity contribution in [2.24, 2.45) is 0 Å². The fraction of sp³-hybridized carbons (Fsp3) is 0.0400. The number of hydrogen-bond donors (Lipinski definition) is 1. The van der Waals surface area contributed by atoms with Crippen LogP contribution in [0.5, 0.6) is 5.75 Å². The average molecular weight is 552 g/mol. The zero-order valence-corrected chi connectivity index (χ0v) is 19.8. The molecule has 4 aromatic carbocycles. The minimum Gasteiger partial charge on any atom is -0.484 e. The van der Waals surface area contributed by atoms with Gasteiger partial charge >= 0.3 is 0 Å². The standard InChI is InChI=1S/C25H16Br2N2O3/c26-15-7-10-17(11-8-15)31-14-24(30)28-16-9-12-23-22(13-16)29-25(32-23)20-5-1-4-19-18(20)3-2-6-21(19)27/h1-13H,14H2,(H,28,30). The van der Waals surface area contributed by atoms with E-state index in [2.05, 4.69) is 48.2 Å². The molecular weight excluding hydrogens is 536 g/mol. The number of benzene rings is 4. The third-order valence-electron chi connectivity index (χ3n) is 4.95. The van der Waals surface area contributed by atoms with E-state index in [4.69, 9.17) is 9.15 Å². The third-order valence-corrected chi connectivity index (χ3v) is 6.17. The molecule has 0 aliphatic rings. The number of carbonyl (C=O) groups excluding carboxylic acids is 1. The number of nitrogens with zero attached hydrogens (tertiary/aromatic N) is 1. The molecule has 5 nitrogen and oxygen atoms in total. The molecule has 0 radical (unpaired) electrons. The Bertz CT molecular complexity index is 1450. The van der Waals surface area contributed by atoms with Gasteiger partial charge < -0.3 is 14.5 Å². The highest BCUT2D eigenvalue weighted by molar-refractivity contribution is 9.11. The Kier molecular flexibility index (Phi) is 5.68. The molecule has 1 amide bonds. The molecule has 0 saturated heterocycles. The van der Waals surface area contributed by atoms with Crippen LogP contribution in [0, 0.1) is 0 Å². The number of hydrogen-bond acceptors (Lipinski definition) is 4. The lowest BCUT2D eigenvalue weighted by atomic mass is 10.0. The van der Waals surface area contributed by atoms with Gasteiger partial charge in [0.2, 0.25) is 5.89 Å². The molecule has 0 unspecified atom stereocenters. The summed E-state index contributed by atoms with van der Waals surface area (Å²) in [4.78, 5) is 17.0. The van der Waals surface area contributed by atoms with E-state index in [-0.39, 0.29) is 12.5 Å². The van der Waals surface area contributed by atoms with E-state index in [9.17, 15) is 4.79 Å². The van der Waals surface area contributed by atoms with Crippen LogP contribution in [0.3, 0.4) is 0 Å². The molecule has 1 N–H and O–H groups in total. The Hall–Kier alpha value is -3.16. The summed E-state index contributed by atoms with van der Waals surface area (Å²) in [6.45, 7) is -0.0887. The molecular formula is C25H16Br2N2O3. The normalized spacial score (nSPS) is 11.1. The van der Waals surface area contributed by atoms with Crippen molar-refractivity contribution >= 4 is 65.3 Å². The highest BCUT2D eigenvalue weighted by atomic mass is 79.9. The molecule has 0 bridgehead atoms. The van der Waals surface area contributed by atoms with Crippen LogP contribution in [0.4, 0.5) is 5.69 Å². The summed E-state index contributed by atoms with van der Waals surface area (Å²) in [5.74, 6) is 0.905. The zero-order valence-electron chi connectivity index (χ0n) is 16.6. The summed E-state index contributed by atoms with van der Waals surface area (Å²) in [6, 6.07) is 24.8. The molecule has 0 fully saturated rings. The molecule has 5 rings (SSSR count). The van der Waals surface area contributed by atoms with Gasteiger partial charge in [0.1, 0.15) is 11.3 Å². The van der Waals surface area contributed by atoms with Gasteiger partial charge in [0, 0.05) is 20.2 Å². The van der Waals surface area contributed by atoms with E-state index < -0.39 is 0 Å². The maximum absolute atomic E-state index is 12.3. The first kappa shape index (κ1) is 20.7. The number of fused-ring (bicyclic) bond motifs is 2. The Labute approximate surface area is 200 Å². The van der Waals surface area contributed by atoms with Crippen molar-refractivity contribution in [3.8, 4) is 17.2 Å². The van der Waals surface area contributed by atoms with E-state index in [1.807, 2.05) is 42.5 Å². The SMILES string of the molecule is O=C(COc1ccc(Br)cc1)Nc1ccc2oc(-c3cccc4c(Br)cccc34)nc2c1. The second-order valence-corrected chi connectivity index (χ2v) is 8.90. The number of ether oxygens (including phenoxy) is 1. The molecule has 7 heteroatoms. The van der Waals surface area contributed by atoms with Crippen molar-refractivity contribution in [2.75, 3.05) is 11.9 Å². The highest BCUT2D eigenvalue weighted by Gasteiger charge is 2.13. The zero-order chi connectivity index (χ0) is 22.1. The number of carbonyl (C=O) groups is 1. The first-order valence-electron chi connectivity index (χ1n) is 9.83. The van der Waals surface area contributed by atoms with E-state index in [1.54, 1.807) is 30.3 Å². The lowest BCUT2D eigenvalue weighted by molar-refractivity contribution is -0.118. The number of nitrogens with one attached hydrogen (secondary N) is 1. The van der Waals surface area contributed by atoms with Crippen LogP contribution in [0.25, 0.3) is 33.3 Å². The highest BCUT2D eigenvalue weighted by Crippen LogP contribution is 2.34. The minimum absolute atomic E-state index is 0.0887. The van der Waals surface area contributed by atoms with Crippen LogP contribution < -0.4 is 10.1 Å². The lowest BCUT2D eigenvalue weighted by Crippen LogP contribution is -2.20. The largest absolute Gasteiger partial charge is 0.484 e. The Morgan fingerprint density at radius 1 is 0.938 bits per heavy atom. The molecule has 0 aliphatic heterocycles. The fourth-order valence-electron chi connectivity index (χ4n) is 3.46. The van der Waals surface area contributed by atoms with Gasteiger partial charge in [-0.25, -0.2) is 4.98 Å². The summed E-state index contributed by atoms with van der Waals surface area (Å²) in [7, 11) is 0. The average Bonchev–Trinajstić information content (AvgIpc) is 3.22. The summed E-state index contributed by atoms with van der Waals surface area (Å²) in [5, 5.41) is 4.98. The molecule has 0 saturated carbocycles.